The number of hydrogen-bond acceptors (Lipinski definition) is 2. The average molecular weight is 399 g/mol. The van der Waals surface area contributed by atoms with Gasteiger partial charge in [0.05, 0.1) is 16.5 Å². The Morgan fingerprint density at radius 2 is 1.73 bits per heavy atom. The van der Waals surface area contributed by atoms with Crippen LogP contribution >= 0.6 is 23.2 Å². The Bertz CT molecular complexity index is 587. The zero-order valence-electron chi connectivity index (χ0n) is 16.3. The molecule has 2 atom stereocenters. The molecule has 0 aromatic heterocycles. The van der Waals surface area contributed by atoms with Gasteiger partial charge >= 0.3 is 0 Å². The standard InChI is InChI=1S/C19H26Cl2N2O.C2H6/c1-22(19(24)13-14-8-9-15(20)16(21)12-14)17-6-2-3-7-18(17)23-10-4-5-11-23;1-2/h8-9,12,17-18H,2-7,10-11,13H2,1H3;1-2H3. The van der Waals surface area contributed by atoms with Crippen molar-refractivity contribution < 1.29 is 4.79 Å². The molecule has 3 rings (SSSR count). The largest absolute Gasteiger partial charge is 0.341 e. The Labute approximate surface area is 168 Å². The van der Waals surface area contributed by atoms with E-state index in [2.05, 4.69) is 4.90 Å². The van der Waals surface area contributed by atoms with E-state index in [1.807, 2.05) is 31.9 Å². The van der Waals surface area contributed by atoms with Crippen LogP contribution < -0.4 is 0 Å². The molecule has 0 spiro atoms. The first-order chi connectivity index (χ1) is 12.6. The van der Waals surface area contributed by atoms with E-state index in [-0.39, 0.29) is 5.91 Å². The molecular weight excluding hydrogens is 367 g/mol. The predicted octanol–water partition coefficient (Wildman–Crippen LogP) is 5.43. The van der Waals surface area contributed by atoms with E-state index in [1.54, 1.807) is 12.1 Å². The van der Waals surface area contributed by atoms with Crippen molar-refractivity contribution in [1.82, 2.24) is 9.80 Å². The van der Waals surface area contributed by atoms with Crippen LogP contribution in [0.5, 0.6) is 0 Å². The van der Waals surface area contributed by atoms with Crippen LogP contribution in [0.15, 0.2) is 18.2 Å². The highest BCUT2D eigenvalue weighted by molar-refractivity contribution is 6.42. The van der Waals surface area contributed by atoms with Crippen LogP contribution in [0.25, 0.3) is 0 Å². The maximum atomic E-state index is 12.8. The Kier molecular flexibility index (Phi) is 8.72. The van der Waals surface area contributed by atoms with E-state index in [9.17, 15) is 4.79 Å². The van der Waals surface area contributed by atoms with Crippen LogP contribution in [0.1, 0.15) is 57.9 Å². The molecule has 1 saturated carbocycles. The average Bonchev–Trinajstić information content (AvgIpc) is 3.20. The third-order valence-electron chi connectivity index (χ3n) is 5.53. The Hall–Kier alpha value is -0.770. The van der Waals surface area contributed by atoms with Crippen LogP contribution in [0.4, 0.5) is 0 Å². The van der Waals surface area contributed by atoms with Gasteiger partial charge in [-0.3, -0.25) is 9.69 Å². The summed E-state index contributed by atoms with van der Waals surface area (Å²) in [4.78, 5) is 17.4. The van der Waals surface area contributed by atoms with Gasteiger partial charge in [-0.05, 0) is 56.5 Å². The molecule has 1 aromatic rings. The highest BCUT2D eigenvalue weighted by atomic mass is 35.5. The summed E-state index contributed by atoms with van der Waals surface area (Å²) in [5.41, 5.74) is 0.926. The van der Waals surface area contributed by atoms with E-state index in [0.29, 0.717) is 28.5 Å². The van der Waals surface area contributed by atoms with Crippen molar-refractivity contribution in [1.29, 1.82) is 0 Å². The molecule has 0 radical (unpaired) electrons. The van der Waals surface area contributed by atoms with Gasteiger partial charge in [0.25, 0.3) is 0 Å². The van der Waals surface area contributed by atoms with Crippen molar-refractivity contribution in [2.75, 3.05) is 20.1 Å². The van der Waals surface area contributed by atoms with Gasteiger partial charge < -0.3 is 4.90 Å². The fourth-order valence-corrected chi connectivity index (χ4v) is 4.50. The monoisotopic (exact) mass is 398 g/mol. The highest BCUT2D eigenvalue weighted by Gasteiger charge is 2.35. The molecule has 2 fully saturated rings. The first kappa shape index (κ1) is 21.5. The summed E-state index contributed by atoms with van der Waals surface area (Å²) in [6.45, 7) is 6.38. The molecule has 1 heterocycles. The van der Waals surface area contributed by atoms with Gasteiger partial charge in [-0.1, -0.05) is 56.0 Å². The number of nitrogens with zero attached hydrogens (tertiary/aromatic N) is 2. The molecule has 3 nitrogen and oxygen atoms in total. The number of carbonyl (C=O) groups excluding carboxylic acids is 1. The smallest absolute Gasteiger partial charge is 0.227 e. The van der Waals surface area contributed by atoms with Gasteiger partial charge in [-0.2, -0.15) is 0 Å². The molecule has 26 heavy (non-hydrogen) atoms. The fourth-order valence-electron chi connectivity index (χ4n) is 4.18. The maximum Gasteiger partial charge on any atom is 0.227 e. The fraction of sp³-hybridized carbons (Fsp3) is 0.667. The molecule has 5 heteroatoms. The normalized spacial score (nSPS) is 23.3. The number of likely N-dealkylation sites (tertiary alicyclic amines) is 1. The molecule has 1 aliphatic carbocycles. The summed E-state index contributed by atoms with van der Waals surface area (Å²) in [5.74, 6) is 0.171. The van der Waals surface area contributed by atoms with Gasteiger partial charge in [0.2, 0.25) is 5.91 Å². The molecule has 1 aromatic carbocycles. The molecule has 0 N–H and O–H groups in total. The Balaban J connectivity index is 0.00000117. The lowest BCUT2D eigenvalue weighted by atomic mass is 9.88. The van der Waals surface area contributed by atoms with Crippen LogP contribution in [0, 0.1) is 0 Å². The molecule has 1 saturated heterocycles. The number of carbonyl (C=O) groups is 1. The highest BCUT2D eigenvalue weighted by Crippen LogP contribution is 2.29. The van der Waals surface area contributed by atoms with Crippen LogP contribution in [0.3, 0.4) is 0 Å². The van der Waals surface area contributed by atoms with E-state index < -0.39 is 0 Å². The molecule has 1 amide bonds. The second kappa shape index (κ2) is 10.5. The number of amides is 1. The minimum atomic E-state index is 0.171. The van der Waals surface area contributed by atoms with Crippen LogP contribution in [-0.4, -0.2) is 47.9 Å². The molecule has 2 aliphatic rings. The van der Waals surface area contributed by atoms with Crippen molar-refractivity contribution in [3.63, 3.8) is 0 Å². The van der Waals surface area contributed by atoms with Crippen molar-refractivity contribution in [2.45, 2.75) is 70.9 Å². The van der Waals surface area contributed by atoms with Gasteiger partial charge in [-0.15, -0.1) is 0 Å². The van der Waals surface area contributed by atoms with E-state index >= 15 is 0 Å². The van der Waals surface area contributed by atoms with Gasteiger partial charge in [0.15, 0.2) is 0 Å². The minimum Gasteiger partial charge on any atom is -0.341 e. The maximum absolute atomic E-state index is 12.8. The summed E-state index contributed by atoms with van der Waals surface area (Å²) in [6.07, 6.45) is 7.82. The Morgan fingerprint density at radius 3 is 2.38 bits per heavy atom. The van der Waals surface area contributed by atoms with Crippen molar-refractivity contribution in [3.05, 3.63) is 33.8 Å². The first-order valence-electron chi connectivity index (χ1n) is 10.00. The summed E-state index contributed by atoms with van der Waals surface area (Å²) in [6, 6.07) is 6.32. The third-order valence-corrected chi connectivity index (χ3v) is 6.27. The van der Waals surface area contributed by atoms with E-state index in [0.717, 1.165) is 12.0 Å². The van der Waals surface area contributed by atoms with Crippen molar-refractivity contribution >= 4 is 29.1 Å². The topological polar surface area (TPSA) is 23.6 Å². The summed E-state index contributed by atoms with van der Waals surface area (Å²) in [7, 11) is 1.97. The number of hydrogen-bond donors (Lipinski definition) is 0. The molecule has 1 aliphatic heterocycles. The second-order valence-electron chi connectivity index (χ2n) is 7.09. The molecule has 2 unspecified atom stereocenters. The predicted molar refractivity (Wildman–Crippen MR) is 111 cm³/mol. The lowest BCUT2D eigenvalue weighted by molar-refractivity contribution is -0.133. The number of likely N-dealkylation sites (N-methyl/N-ethyl adjacent to an activating group) is 1. The molecule has 146 valence electrons. The lowest BCUT2D eigenvalue weighted by Crippen LogP contribution is -2.53. The number of rotatable bonds is 4. The quantitative estimate of drug-likeness (QED) is 0.674. The zero-order valence-corrected chi connectivity index (χ0v) is 17.8. The van der Waals surface area contributed by atoms with Crippen LogP contribution in [0.2, 0.25) is 10.0 Å². The second-order valence-corrected chi connectivity index (χ2v) is 7.91. The van der Waals surface area contributed by atoms with Crippen LogP contribution in [-0.2, 0) is 11.2 Å². The molecular formula is C21H32Cl2N2O. The molecule has 0 bridgehead atoms. The number of halogens is 2. The number of benzene rings is 1. The first-order valence-corrected chi connectivity index (χ1v) is 10.8. The van der Waals surface area contributed by atoms with Crippen molar-refractivity contribution in [2.24, 2.45) is 0 Å². The van der Waals surface area contributed by atoms with E-state index in [4.69, 9.17) is 23.2 Å². The SMILES string of the molecule is CC.CN(C(=O)Cc1ccc(Cl)c(Cl)c1)C1CCCCC1N1CCCC1. The van der Waals surface area contributed by atoms with Gasteiger partial charge in [0.1, 0.15) is 0 Å². The summed E-state index contributed by atoms with van der Waals surface area (Å²) >= 11 is 12.0. The summed E-state index contributed by atoms with van der Waals surface area (Å²) in [5, 5.41) is 1.04. The zero-order chi connectivity index (χ0) is 19.1. The Morgan fingerprint density at radius 1 is 1.08 bits per heavy atom. The van der Waals surface area contributed by atoms with E-state index in [1.165, 1.54) is 45.2 Å². The van der Waals surface area contributed by atoms with Gasteiger partial charge in [0, 0.05) is 19.1 Å². The van der Waals surface area contributed by atoms with Crippen molar-refractivity contribution in [3.8, 4) is 0 Å². The van der Waals surface area contributed by atoms with Gasteiger partial charge in [-0.25, -0.2) is 0 Å². The minimum absolute atomic E-state index is 0.171. The third kappa shape index (κ3) is 5.37. The summed E-state index contributed by atoms with van der Waals surface area (Å²) < 4.78 is 0. The lowest BCUT2D eigenvalue weighted by Gasteiger charge is -2.42.